The summed E-state index contributed by atoms with van der Waals surface area (Å²) in [6.45, 7) is 0. The van der Waals surface area contributed by atoms with Gasteiger partial charge in [-0.05, 0) is 82.8 Å². The number of benzene rings is 8. The second kappa shape index (κ2) is 6.45. The van der Waals surface area contributed by atoms with Gasteiger partial charge in [-0.3, -0.25) is 19.7 Å². The minimum atomic E-state index is -1.05. The third-order valence-corrected chi connectivity index (χ3v) is 9.20. The van der Waals surface area contributed by atoms with Crippen LogP contribution in [-0.2, 0) is 0 Å². The first-order valence-corrected chi connectivity index (χ1v) is 13.2. The van der Waals surface area contributed by atoms with Gasteiger partial charge in [0.05, 0.1) is 0 Å². The molecular formula is C34H16N2O4. The highest BCUT2D eigenvalue weighted by Gasteiger charge is 2.30. The van der Waals surface area contributed by atoms with Crippen LogP contribution in [0.15, 0.2) is 72.8 Å². The summed E-state index contributed by atoms with van der Waals surface area (Å²) in [6.07, 6.45) is -1.05. The second-order valence-corrected chi connectivity index (χ2v) is 10.9. The lowest BCUT2D eigenvalue weighted by molar-refractivity contribution is 0.0771. The number of hydrogen-bond donors (Lipinski definition) is 3. The molecular weight excluding hydrogens is 500 g/mol. The van der Waals surface area contributed by atoms with Crippen molar-refractivity contribution in [2.75, 3.05) is 0 Å². The zero-order valence-corrected chi connectivity index (χ0v) is 20.7. The van der Waals surface area contributed by atoms with Gasteiger partial charge in [-0.1, -0.05) is 54.6 Å². The van der Waals surface area contributed by atoms with E-state index in [0.717, 1.165) is 70.0 Å². The molecule has 10 rings (SSSR count). The maximum atomic E-state index is 12.8. The predicted octanol–water partition coefficient (Wildman–Crippen LogP) is 6.25. The molecule has 6 heteroatoms. The second-order valence-electron chi connectivity index (χ2n) is 10.9. The largest absolute Gasteiger partial charge is 0.369 e. The number of imide groups is 1. The number of carbonyl (C=O) groups is 3. The Bertz CT molecular complexity index is 2450. The Morgan fingerprint density at radius 2 is 0.775 bits per heavy atom. The van der Waals surface area contributed by atoms with Crippen molar-refractivity contribution >= 4 is 93.1 Å². The van der Waals surface area contributed by atoms with E-state index in [1.807, 2.05) is 48.5 Å². The first kappa shape index (κ1) is 20.6. The molecule has 3 N–H and O–H groups in total. The molecule has 186 valence electrons. The molecule has 40 heavy (non-hydrogen) atoms. The average molecular weight is 517 g/mol. The molecule has 2 heterocycles. The number of nitrogens with one attached hydrogen (secondary N) is 2. The maximum absolute atomic E-state index is 12.8. The first-order chi connectivity index (χ1) is 19.5. The van der Waals surface area contributed by atoms with E-state index in [0.29, 0.717) is 27.6 Å². The van der Waals surface area contributed by atoms with Crippen LogP contribution in [0.3, 0.4) is 0 Å². The summed E-state index contributed by atoms with van der Waals surface area (Å²) < 4.78 is 0. The molecule has 2 aliphatic heterocycles. The van der Waals surface area contributed by atoms with Gasteiger partial charge in [-0.15, -0.1) is 0 Å². The minimum Gasteiger partial charge on any atom is -0.369 e. The van der Waals surface area contributed by atoms with E-state index in [1.54, 1.807) is 0 Å². The van der Waals surface area contributed by atoms with E-state index >= 15 is 0 Å². The SMILES string of the molecule is O=C1NC(=O)c2ccc3c4ccc5c6ccc7c8c(ccc(c9ccc(c%10ccc1c2c%103)c4c95)c86)C(=O)NC7O. The highest BCUT2D eigenvalue weighted by atomic mass is 16.3. The fraction of sp³-hybridized carbons (Fsp3) is 0.0294. The van der Waals surface area contributed by atoms with Gasteiger partial charge in [0, 0.05) is 33.0 Å². The molecule has 0 saturated carbocycles. The lowest BCUT2D eigenvalue weighted by Gasteiger charge is -2.26. The van der Waals surface area contributed by atoms with Gasteiger partial charge >= 0.3 is 0 Å². The zero-order valence-electron chi connectivity index (χ0n) is 20.7. The minimum absolute atomic E-state index is 0.275. The molecule has 0 bridgehead atoms. The van der Waals surface area contributed by atoms with Crippen LogP contribution in [0.2, 0.25) is 0 Å². The van der Waals surface area contributed by atoms with Gasteiger partial charge in [-0.25, -0.2) is 0 Å². The summed E-state index contributed by atoms with van der Waals surface area (Å²) in [5.74, 6) is -1.01. The smallest absolute Gasteiger partial charge is 0.258 e. The molecule has 0 spiro atoms. The standard InChI is InChI=1S/C34H16N2O4/c37-31-21-9-5-17-13-1-2-14-18-6-10-23-30-24(34(40)36-33(23)39)12-8-20(28(18)30)16-4-3-15(25(13)26(14)16)19-7-11-22(32(38)35-31)29(21)27(17)19/h1-12,31,37H,(H,35,38)(H,36,39,40). The molecule has 2 aliphatic rings. The first-order valence-electron chi connectivity index (χ1n) is 13.2. The van der Waals surface area contributed by atoms with Crippen molar-refractivity contribution in [3.05, 3.63) is 95.1 Å². The molecule has 0 fully saturated rings. The van der Waals surface area contributed by atoms with E-state index in [2.05, 4.69) is 34.9 Å². The van der Waals surface area contributed by atoms with Gasteiger partial charge in [-0.2, -0.15) is 0 Å². The van der Waals surface area contributed by atoms with Crippen molar-refractivity contribution in [1.29, 1.82) is 0 Å². The Labute approximate surface area is 224 Å². The van der Waals surface area contributed by atoms with Crippen molar-refractivity contribution in [3.8, 4) is 0 Å². The maximum Gasteiger partial charge on any atom is 0.258 e. The summed E-state index contributed by atoms with van der Waals surface area (Å²) in [7, 11) is 0. The number of hydrogen-bond acceptors (Lipinski definition) is 4. The summed E-state index contributed by atoms with van der Waals surface area (Å²) in [6, 6.07) is 24.0. The number of aliphatic hydroxyl groups is 1. The van der Waals surface area contributed by atoms with E-state index < -0.39 is 6.23 Å². The lowest BCUT2D eigenvalue weighted by Crippen LogP contribution is -2.34. The van der Waals surface area contributed by atoms with Crippen LogP contribution in [-0.4, -0.2) is 22.8 Å². The van der Waals surface area contributed by atoms with Crippen LogP contribution in [0.1, 0.15) is 42.9 Å². The summed E-state index contributed by atoms with van der Waals surface area (Å²) in [5.41, 5.74) is 2.31. The van der Waals surface area contributed by atoms with Gasteiger partial charge in [0.2, 0.25) is 0 Å². The summed E-state index contributed by atoms with van der Waals surface area (Å²) in [4.78, 5) is 38.3. The fourth-order valence-electron chi connectivity index (χ4n) is 7.62. The Balaban J connectivity index is 1.47. The van der Waals surface area contributed by atoms with Crippen LogP contribution < -0.4 is 10.6 Å². The van der Waals surface area contributed by atoms with E-state index in [4.69, 9.17) is 0 Å². The molecule has 0 aliphatic carbocycles. The molecule has 1 unspecified atom stereocenters. The fourth-order valence-corrected chi connectivity index (χ4v) is 7.62. The third kappa shape index (κ3) is 2.11. The van der Waals surface area contributed by atoms with Gasteiger partial charge < -0.3 is 10.4 Å². The Kier molecular flexibility index (Phi) is 3.32. The highest BCUT2D eigenvalue weighted by Crippen LogP contribution is 2.49. The number of carbonyl (C=O) groups excluding carboxylic acids is 3. The topological polar surface area (TPSA) is 95.5 Å². The third-order valence-electron chi connectivity index (χ3n) is 9.20. The summed E-state index contributed by atoms with van der Waals surface area (Å²) in [5, 5.41) is 29.8. The number of rotatable bonds is 0. The van der Waals surface area contributed by atoms with Crippen LogP contribution >= 0.6 is 0 Å². The van der Waals surface area contributed by atoms with Crippen molar-refractivity contribution in [2.45, 2.75) is 6.23 Å². The summed E-state index contributed by atoms with van der Waals surface area (Å²) >= 11 is 0. The van der Waals surface area contributed by atoms with Gasteiger partial charge in [0.15, 0.2) is 6.23 Å². The predicted molar refractivity (Wildman–Crippen MR) is 156 cm³/mol. The van der Waals surface area contributed by atoms with E-state index in [9.17, 15) is 19.5 Å². The molecule has 0 radical (unpaired) electrons. The normalized spacial score (nSPS) is 16.9. The molecule has 0 aromatic heterocycles. The van der Waals surface area contributed by atoms with E-state index in [1.165, 1.54) is 0 Å². The van der Waals surface area contributed by atoms with Crippen molar-refractivity contribution in [3.63, 3.8) is 0 Å². The zero-order chi connectivity index (χ0) is 26.6. The number of fused-ring (bicyclic) bond motifs is 4. The molecule has 8 aromatic rings. The van der Waals surface area contributed by atoms with Crippen molar-refractivity contribution in [1.82, 2.24) is 10.6 Å². The molecule has 0 saturated heterocycles. The lowest BCUT2D eigenvalue weighted by atomic mass is 9.81. The Morgan fingerprint density at radius 3 is 1.25 bits per heavy atom. The van der Waals surface area contributed by atoms with Gasteiger partial charge in [0.1, 0.15) is 0 Å². The quantitative estimate of drug-likeness (QED) is 0.126. The Morgan fingerprint density at radius 1 is 0.425 bits per heavy atom. The van der Waals surface area contributed by atoms with Crippen molar-refractivity contribution < 1.29 is 19.5 Å². The molecule has 6 nitrogen and oxygen atoms in total. The molecule has 1 atom stereocenters. The number of amides is 3. The monoisotopic (exact) mass is 516 g/mol. The van der Waals surface area contributed by atoms with Gasteiger partial charge in [0.25, 0.3) is 17.7 Å². The highest BCUT2D eigenvalue weighted by molar-refractivity contribution is 6.44. The van der Waals surface area contributed by atoms with Crippen LogP contribution in [0.4, 0.5) is 0 Å². The van der Waals surface area contributed by atoms with E-state index in [-0.39, 0.29) is 17.7 Å². The Hall–Kier alpha value is -5.33. The number of aliphatic hydroxyl groups excluding tert-OH is 1. The van der Waals surface area contributed by atoms with Crippen molar-refractivity contribution in [2.24, 2.45) is 0 Å². The average Bonchev–Trinajstić information content (AvgIpc) is 2.97. The molecule has 8 aromatic carbocycles. The molecule has 3 amide bonds. The van der Waals surface area contributed by atoms with Crippen LogP contribution in [0.25, 0.3) is 75.4 Å². The van der Waals surface area contributed by atoms with Crippen LogP contribution in [0.5, 0.6) is 0 Å². The van der Waals surface area contributed by atoms with Crippen LogP contribution in [0, 0.1) is 0 Å².